The fraction of sp³-hybridized carbons (Fsp3) is 0.846. The highest BCUT2D eigenvalue weighted by molar-refractivity contribution is 6.06. The number of carbonyl (C=O) groups is 2. The molecule has 2 amide bonds. The average Bonchev–Trinajstić information content (AvgIpc) is 2.85. The lowest BCUT2D eigenvalue weighted by molar-refractivity contribution is -0.146. The van der Waals surface area contributed by atoms with E-state index in [1.807, 2.05) is 6.92 Å². The van der Waals surface area contributed by atoms with E-state index in [0.29, 0.717) is 0 Å². The van der Waals surface area contributed by atoms with Crippen LogP contribution >= 0.6 is 0 Å². The van der Waals surface area contributed by atoms with E-state index >= 15 is 0 Å². The third-order valence-electron chi connectivity index (χ3n) is 4.73. The molecule has 3 atom stereocenters. The van der Waals surface area contributed by atoms with E-state index in [9.17, 15) is 9.59 Å². The number of nitrogens with one attached hydrogen (secondary N) is 1. The van der Waals surface area contributed by atoms with Crippen molar-refractivity contribution in [3.05, 3.63) is 0 Å². The topological polar surface area (TPSA) is 49.4 Å². The van der Waals surface area contributed by atoms with Gasteiger partial charge >= 0.3 is 0 Å². The van der Waals surface area contributed by atoms with E-state index in [2.05, 4.69) is 5.32 Å². The number of hydrogen-bond donors (Lipinski definition) is 1. The highest BCUT2D eigenvalue weighted by atomic mass is 16.2. The van der Waals surface area contributed by atoms with E-state index in [0.717, 1.165) is 45.2 Å². The lowest BCUT2D eigenvalue weighted by atomic mass is 9.81. The molecule has 4 nitrogen and oxygen atoms in total. The van der Waals surface area contributed by atoms with Crippen molar-refractivity contribution >= 4 is 11.8 Å². The van der Waals surface area contributed by atoms with Crippen molar-refractivity contribution < 1.29 is 9.59 Å². The summed E-state index contributed by atoms with van der Waals surface area (Å²) in [4.78, 5) is 26.4. The van der Waals surface area contributed by atoms with Crippen LogP contribution in [0.5, 0.6) is 0 Å². The SMILES string of the molecule is CC1(N2C(=O)C3CCCCC3C2=O)CCNC1. The van der Waals surface area contributed by atoms with Crippen molar-refractivity contribution in [3.8, 4) is 0 Å². The normalized spacial score (nSPS) is 42.1. The molecule has 94 valence electrons. The largest absolute Gasteiger partial charge is 0.314 e. The number of amides is 2. The maximum atomic E-state index is 12.4. The lowest BCUT2D eigenvalue weighted by Crippen LogP contribution is -2.51. The van der Waals surface area contributed by atoms with Gasteiger partial charge in [0.2, 0.25) is 11.8 Å². The Hall–Kier alpha value is -0.900. The van der Waals surface area contributed by atoms with Gasteiger partial charge in [0.1, 0.15) is 0 Å². The molecule has 2 saturated heterocycles. The van der Waals surface area contributed by atoms with Gasteiger partial charge in [-0.05, 0) is 32.7 Å². The van der Waals surface area contributed by atoms with Crippen LogP contribution in [-0.4, -0.2) is 35.3 Å². The number of imide groups is 1. The summed E-state index contributed by atoms with van der Waals surface area (Å²) in [6.45, 7) is 3.70. The van der Waals surface area contributed by atoms with Crippen molar-refractivity contribution in [1.82, 2.24) is 10.2 Å². The molecule has 0 aromatic carbocycles. The van der Waals surface area contributed by atoms with Crippen molar-refractivity contribution in [3.63, 3.8) is 0 Å². The summed E-state index contributed by atoms with van der Waals surface area (Å²) in [6, 6.07) is 0. The summed E-state index contributed by atoms with van der Waals surface area (Å²) < 4.78 is 0. The number of hydrogen-bond acceptors (Lipinski definition) is 3. The second-order valence-corrected chi connectivity index (χ2v) is 5.93. The molecule has 2 heterocycles. The van der Waals surface area contributed by atoms with Crippen LogP contribution in [0.15, 0.2) is 0 Å². The van der Waals surface area contributed by atoms with Gasteiger partial charge in [0.15, 0.2) is 0 Å². The Morgan fingerprint density at radius 1 is 1.18 bits per heavy atom. The lowest BCUT2D eigenvalue weighted by Gasteiger charge is -2.33. The Bertz CT molecular complexity index is 336. The monoisotopic (exact) mass is 236 g/mol. The molecule has 0 radical (unpaired) electrons. The van der Waals surface area contributed by atoms with E-state index in [-0.39, 0.29) is 29.2 Å². The summed E-state index contributed by atoms with van der Waals surface area (Å²) in [7, 11) is 0. The highest BCUT2D eigenvalue weighted by Crippen LogP contribution is 2.41. The van der Waals surface area contributed by atoms with Crippen LogP contribution in [0.1, 0.15) is 39.0 Å². The molecular formula is C13H20N2O2. The van der Waals surface area contributed by atoms with Crippen molar-refractivity contribution in [2.24, 2.45) is 11.8 Å². The summed E-state index contributed by atoms with van der Waals surface area (Å²) in [5.74, 6) is 0.194. The summed E-state index contributed by atoms with van der Waals surface area (Å²) in [5.41, 5.74) is -0.272. The zero-order valence-corrected chi connectivity index (χ0v) is 10.4. The molecule has 1 aliphatic carbocycles. The molecule has 2 aliphatic heterocycles. The minimum Gasteiger partial charge on any atom is -0.314 e. The van der Waals surface area contributed by atoms with Gasteiger partial charge < -0.3 is 5.32 Å². The highest BCUT2D eigenvalue weighted by Gasteiger charge is 2.54. The first-order chi connectivity index (χ1) is 8.13. The first kappa shape index (κ1) is 11.2. The van der Waals surface area contributed by atoms with Crippen LogP contribution in [0.25, 0.3) is 0 Å². The first-order valence-corrected chi connectivity index (χ1v) is 6.72. The standard InChI is InChI=1S/C13H20N2O2/c1-13(6-7-14-8-13)15-11(16)9-4-2-3-5-10(9)12(15)17/h9-10,14H,2-8H2,1H3. The number of carbonyl (C=O) groups excluding carboxylic acids is 2. The van der Waals surface area contributed by atoms with E-state index < -0.39 is 0 Å². The van der Waals surface area contributed by atoms with Crippen LogP contribution in [0.3, 0.4) is 0 Å². The molecule has 0 aromatic heterocycles. The molecule has 0 bridgehead atoms. The summed E-state index contributed by atoms with van der Waals surface area (Å²) >= 11 is 0. The maximum absolute atomic E-state index is 12.4. The van der Waals surface area contributed by atoms with Gasteiger partial charge in [-0.25, -0.2) is 0 Å². The van der Waals surface area contributed by atoms with E-state index in [1.165, 1.54) is 0 Å². The van der Waals surface area contributed by atoms with Gasteiger partial charge in [-0.2, -0.15) is 0 Å². The Morgan fingerprint density at radius 3 is 2.24 bits per heavy atom. The summed E-state index contributed by atoms with van der Waals surface area (Å²) in [6.07, 6.45) is 4.92. The molecule has 3 fully saturated rings. The van der Waals surface area contributed by atoms with Gasteiger partial charge in [0.05, 0.1) is 17.4 Å². The molecule has 0 spiro atoms. The quantitative estimate of drug-likeness (QED) is 0.689. The maximum Gasteiger partial charge on any atom is 0.233 e. The fourth-order valence-electron chi connectivity index (χ4n) is 3.69. The smallest absolute Gasteiger partial charge is 0.233 e. The van der Waals surface area contributed by atoms with Crippen LogP contribution < -0.4 is 5.32 Å². The van der Waals surface area contributed by atoms with E-state index in [1.54, 1.807) is 4.90 Å². The van der Waals surface area contributed by atoms with Crippen LogP contribution in [0, 0.1) is 11.8 Å². The van der Waals surface area contributed by atoms with Crippen LogP contribution in [0.2, 0.25) is 0 Å². The predicted octanol–water partition coefficient (Wildman–Crippen LogP) is 0.914. The fourth-order valence-corrected chi connectivity index (χ4v) is 3.69. The van der Waals surface area contributed by atoms with Crippen molar-refractivity contribution in [2.45, 2.75) is 44.6 Å². The van der Waals surface area contributed by atoms with Crippen molar-refractivity contribution in [1.29, 1.82) is 0 Å². The van der Waals surface area contributed by atoms with Crippen molar-refractivity contribution in [2.75, 3.05) is 13.1 Å². The van der Waals surface area contributed by atoms with Gasteiger partial charge in [-0.15, -0.1) is 0 Å². The van der Waals surface area contributed by atoms with Gasteiger partial charge in [-0.3, -0.25) is 14.5 Å². The Kier molecular flexibility index (Phi) is 2.51. The molecule has 3 rings (SSSR count). The first-order valence-electron chi connectivity index (χ1n) is 6.72. The number of rotatable bonds is 1. The second kappa shape index (κ2) is 3.80. The average molecular weight is 236 g/mol. The molecule has 1 N–H and O–H groups in total. The molecule has 3 aliphatic rings. The number of fused-ring (bicyclic) bond motifs is 1. The number of nitrogens with zero attached hydrogens (tertiary/aromatic N) is 1. The minimum absolute atomic E-state index is 0.00586. The molecule has 1 saturated carbocycles. The number of likely N-dealkylation sites (tertiary alicyclic amines) is 1. The Labute approximate surface area is 102 Å². The zero-order chi connectivity index (χ0) is 12.0. The molecule has 3 unspecified atom stereocenters. The summed E-state index contributed by atoms with van der Waals surface area (Å²) in [5, 5.41) is 3.27. The molecule has 0 aromatic rings. The Balaban J connectivity index is 1.90. The second-order valence-electron chi connectivity index (χ2n) is 5.93. The van der Waals surface area contributed by atoms with Crippen LogP contribution in [0.4, 0.5) is 0 Å². The molecule has 4 heteroatoms. The zero-order valence-electron chi connectivity index (χ0n) is 10.4. The third-order valence-corrected chi connectivity index (χ3v) is 4.73. The molecule has 17 heavy (non-hydrogen) atoms. The van der Waals surface area contributed by atoms with Gasteiger partial charge in [0.25, 0.3) is 0 Å². The third kappa shape index (κ3) is 1.53. The van der Waals surface area contributed by atoms with Gasteiger partial charge in [0, 0.05) is 6.54 Å². The minimum atomic E-state index is -0.272. The van der Waals surface area contributed by atoms with Gasteiger partial charge in [-0.1, -0.05) is 12.8 Å². The predicted molar refractivity (Wildman–Crippen MR) is 63.2 cm³/mol. The molecular weight excluding hydrogens is 216 g/mol. The van der Waals surface area contributed by atoms with Crippen LogP contribution in [-0.2, 0) is 9.59 Å². The Morgan fingerprint density at radius 2 is 1.76 bits per heavy atom. The van der Waals surface area contributed by atoms with E-state index in [4.69, 9.17) is 0 Å².